The summed E-state index contributed by atoms with van der Waals surface area (Å²) in [6, 6.07) is 8.61. The number of ether oxygens (including phenoxy) is 2. The van der Waals surface area contributed by atoms with E-state index in [2.05, 4.69) is 5.32 Å². The lowest BCUT2D eigenvalue weighted by Gasteiger charge is -2.11. The van der Waals surface area contributed by atoms with Crippen molar-refractivity contribution in [2.45, 2.75) is 12.6 Å². The van der Waals surface area contributed by atoms with Gasteiger partial charge in [-0.3, -0.25) is 0 Å². The minimum Gasteiger partial charge on any atom is -0.445 e. The van der Waals surface area contributed by atoms with E-state index in [-0.39, 0.29) is 13.2 Å². The van der Waals surface area contributed by atoms with Crippen molar-refractivity contribution in [1.82, 2.24) is 5.32 Å². The fraction of sp³-hybridized carbons (Fsp3) is 0.333. The van der Waals surface area contributed by atoms with Gasteiger partial charge in [-0.25, -0.2) is 4.79 Å². The van der Waals surface area contributed by atoms with Crippen molar-refractivity contribution in [3.63, 3.8) is 0 Å². The number of hydrogen-bond donors (Lipinski definition) is 1. The van der Waals surface area contributed by atoms with Crippen LogP contribution in [0.15, 0.2) is 30.3 Å². The molecule has 1 aromatic carbocycles. The quantitative estimate of drug-likeness (QED) is 0.753. The lowest BCUT2D eigenvalue weighted by atomic mass is 10.2. The number of benzene rings is 1. The van der Waals surface area contributed by atoms with E-state index in [0.717, 1.165) is 5.56 Å². The largest absolute Gasteiger partial charge is 0.445 e. The summed E-state index contributed by atoms with van der Waals surface area (Å²) in [5.74, 6) is 0. The molecule has 1 unspecified atom stereocenters. The van der Waals surface area contributed by atoms with E-state index in [1.807, 2.05) is 30.3 Å². The Hall–Kier alpha value is -1.88. The van der Waals surface area contributed by atoms with Crippen LogP contribution in [-0.4, -0.2) is 32.1 Å². The number of alkyl carbamates (subject to hydrolysis) is 1. The Balaban J connectivity index is 2.32. The number of rotatable bonds is 6. The van der Waals surface area contributed by atoms with E-state index in [9.17, 15) is 9.59 Å². The Morgan fingerprint density at radius 3 is 2.71 bits per heavy atom. The number of aldehydes is 1. The third-order valence-electron chi connectivity index (χ3n) is 2.03. The Morgan fingerprint density at radius 2 is 2.12 bits per heavy atom. The van der Waals surface area contributed by atoms with Crippen molar-refractivity contribution in [3.8, 4) is 0 Å². The predicted octanol–water partition coefficient (Wildman–Crippen LogP) is 1.13. The molecular formula is C12H15NO4. The normalized spacial score (nSPS) is 11.6. The van der Waals surface area contributed by atoms with Crippen LogP contribution in [0.5, 0.6) is 0 Å². The maximum absolute atomic E-state index is 11.3. The van der Waals surface area contributed by atoms with Crippen molar-refractivity contribution >= 4 is 12.4 Å². The third kappa shape index (κ3) is 5.12. The molecule has 0 radical (unpaired) electrons. The topological polar surface area (TPSA) is 64.6 Å². The van der Waals surface area contributed by atoms with Gasteiger partial charge >= 0.3 is 6.09 Å². The standard InChI is InChI=1S/C12H15NO4/c1-16-9-11(7-14)13-12(15)17-8-10-5-3-2-4-6-10/h2-7,11H,8-9H2,1H3,(H,13,15). The van der Waals surface area contributed by atoms with Crippen LogP contribution in [0.3, 0.4) is 0 Å². The van der Waals surface area contributed by atoms with E-state index < -0.39 is 12.1 Å². The number of amides is 1. The highest BCUT2D eigenvalue weighted by molar-refractivity contribution is 5.73. The summed E-state index contributed by atoms with van der Waals surface area (Å²) in [4.78, 5) is 21.9. The maximum atomic E-state index is 11.3. The van der Waals surface area contributed by atoms with Crippen LogP contribution in [0.1, 0.15) is 5.56 Å². The molecule has 0 spiro atoms. The monoisotopic (exact) mass is 237 g/mol. The molecule has 0 heterocycles. The van der Waals surface area contributed by atoms with Gasteiger partial charge in [-0.15, -0.1) is 0 Å². The number of carbonyl (C=O) groups is 2. The Kier molecular flexibility index (Phi) is 5.74. The molecule has 0 aliphatic rings. The molecule has 0 aromatic heterocycles. The molecule has 1 N–H and O–H groups in total. The molecule has 1 atom stereocenters. The Morgan fingerprint density at radius 1 is 1.41 bits per heavy atom. The molecule has 1 aromatic rings. The van der Waals surface area contributed by atoms with Crippen LogP contribution in [0.4, 0.5) is 4.79 Å². The van der Waals surface area contributed by atoms with Gasteiger partial charge in [0.25, 0.3) is 0 Å². The fourth-order valence-electron chi connectivity index (χ4n) is 1.21. The van der Waals surface area contributed by atoms with Crippen molar-refractivity contribution < 1.29 is 19.1 Å². The zero-order valence-corrected chi connectivity index (χ0v) is 9.59. The molecular weight excluding hydrogens is 222 g/mol. The molecule has 0 bridgehead atoms. The van der Waals surface area contributed by atoms with Crippen molar-refractivity contribution in [2.24, 2.45) is 0 Å². The predicted molar refractivity (Wildman–Crippen MR) is 61.5 cm³/mol. The van der Waals surface area contributed by atoms with Crippen molar-refractivity contribution in [1.29, 1.82) is 0 Å². The summed E-state index contributed by atoms with van der Waals surface area (Å²) in [5.41, 5.74) is 0.886. The highest BCUT2D eigenvalue weighted by Crippen LogP contribution is 2.00. The number of hydrogen-bond acceptors (Lipinski definition) is 4. The van der Waals surface area contributed by atoms with Crippen molar-refractivity contribution in [2.75, 3.05) is 13.7 Å². The minimum absolute atomic E-state index is 0.129. The van der Waals surface area contributed by atoms with Gasteiger partial charge in [0, 0.05) is 7.11 Å². The lowest BCUT2D eigenvalue weighted by molar-refractivity contribution is -0.110. The first kappa shape index (κ1) is 13.2. The zero-order chi connectivity index (χ0) is 12.5. The fourth-order valence-corrected chi connectivity index (χ4v) is 1.21. The van der Waals surface area contributed by atoms with Crippen molar-refractivity contribution in [3.05, 3.63) is 35.9 Å². The second-order valence-corrected chi connectivity index (χ2v) is 3.40. The molecule has 0 saturated heterocycles. The molecule has 5 heteroatoms. The van der Waals surface area contributed by atoms with Crippen LogP contribution in [0, 0.1) is 0 Å². The smallest absolute Gasteiger partial charge is 0.408 e. The number of methoxy groups -OCH3 is 1. The number of nitrogens with one attached hydrogen (secondary N) is 1. The van der Waals surface area contributed by atoms with Gasteiger partial charge in [-0.05, 0) is 5.56 Å². The van der Waals surface area contributed by atoms with E-state index in [4.69, 9.17) is 9.47 Å². The van der Waals surface area contributed by atoms with Gasteiger partial charge in [0.1, 0.15) is 18.9 Å². The highest BCUT2D eigenvalue weighted by atomic mass is 16.5. The van der Waals surface area contributed by atoms with Gasteiger partial charge in [0.15, 0.2) is 0 Å². The molecule has 0 saturated carbocycles. The second kappa shape index (κ2) is 7.40. The van der Waals surface area contributed by atoms with Crippen LogP contribution < -0.4 is 5.32 Å². The maximum Gasteiger partial charge on any atom is 0.408 e. The number of carbonyl (C=O) groups excluding carboxylic acids is 2. The average molecular weight is 237 g/mol. The summed E-state index contributed by atoms with van der Waals surface area (Å²) in [7, 11) is 1.45. The van der Waals surface area contributed by atoms with E-state index in [0.29, 0.717) is 6.29 Å². The molecule has 0 fully saturated rings. The van der Waals surface area contributed by atoms with Crippen LogP contribution in [-0.2, 0) is 20.9 Å². The summed E-state index contributed by atoms with van der Waals surface area (Å²) in [5, 5.41) is 2.38. The second-order valence-electron chi connectivity index (χ2n) is 3.40. The van der Waals surface area contributed by atoms with Crippen LogP contribution >= 0.6 is 0 Å². The van der Waals surface area contributed by atoms with Gasteiger partial charge in [-0.1, -0.05) is 30.3 Å². The molecule has 5 nitrogen and oxygen atoms in total. The average Bonchev–Trinajstić information content (AvgIpc) is 2.37. The lowest BCUT2D eigenvalue weighted by Crippen LogP contribution is -2.39. The van der Waals surface area contributed by atoms with Gasteiger partial charge in [0.2, 0.25) is 0 Å². The molecule has 0 aliphatic carbocycles. The van der Waals surface area contributed by atoms with E-state index in [1.165, 1.54) is 7.11 Å². The Labute approximate surface area is 99.7 Å². The first-order valence-electron chi connectivity index (χ1n) is 5.17. The third-order valence-corrected chi connectivity index (χ3v) is 2.03. The zero-order valence-electron chi connectivity index (χ0n) is 9.59. The Bertz CT molecular complexity index is 353. The van der Waals surface area contributed by atoms with E-state index >= 15 is 0 Å². The summed E-state index contributed by atoms with van der Waals surface area (Å²) in [6.45, 7) is 0.301. The summed E-state index contributed by atoms with van der Waals surface area (Å²) in [6.07, 6.45) is -0.0317. The van der Waals surface area contributed by atoms with E-state index in [1.54, 1.807) is 0 Å². The van der Waals surface area contributed by atoms with Crippen LogP contribution in [0.2, 0.25) is 0 Å². The highest BCUT2D eigenvalue weighted by Gasteiger charge is 2.11. The van der Waals surface area contributed by atoms with Gasteiger partial charge in [0.05, 0.1) is 6.61 Å². The molecule has 92 valence electrons. The molecule has 0 aliphatic heterocycles. The SMILES string of the molecule is COCC(C=O)NC(=O)OCc1ccccc1. The minimum atomic E-state index is -0.678. The molecule has 17 heavy (non-hydrogen) atoms. The molecule has 1 amide bonds. The van der Waals surface area contributed by atoms with Gasteiger partial charge < -0.3 is 19.6 Å². The molecule has 1 rings (SSSR count). The van der Waals surface area contributed by atoms with Gasteiger partial charge in [-0.2, -0.15) is 0 Å². The summed E-state index contributed by atoms with van der Waals surface area (Å²) >= 11 is 0. The first-order chi connectivity index (χ1) is 8.26. The first-order valence-corrected chi connectivity index (χ1v) is 5.17. The van der Waals surface area contributed by atoms with Crippen LogP contribution in [0.25, 0.3) is 0 Å². The summed E-state index contributed by atoms with van der Waals surface area (Å²) < 4.78 is 9.70.